The molecule has 1 fully saturated rings. The Morgan fingerprint density at radius 2 is 1.70 bits per heavy atom. The van der Waals surface area contributed by atoms with Gasteiger partial charge in [0.25, 0.3) is 0 Å². The van der Waals surface area contributed by atoms with Crippen molar-refractivity contribution in [2.45, 2.75) is 25.5 Å². The van der Waals surface area contributed by atoms with Gasteiger partial charge in [-0.2, -0.15) is 0 Å². The predicted octanol–water partition coefficient (Wildman–Crippen LogP) is 4.08. The molecule has 2 aromatic rings. The summed E-state index contributed by atoms with van der Waals surface area (Å²) in [7, 11) is 0. The number of rotatable bonds is 6. The molecule has 3 rings (SSSR count). The minimum Gasteiger partial charge on any atom is -0.441 e. The highest BCUT2D eigenvalue weighted by Crippen LogP contribution is 2.26. The highest BCUT2D eigenvalue weighted by molar-refractivity contribution is 6.30. The van der Waals surface area contributed by atoms with Gasteiger partial charge in [-0.05, 0) is 36.8 Å². The zero-order valence-electron chi connectivity index (χ0n) is 15.6. The van der Waals surface area contributed by atoms with Gasteiger partial charge in [0.1, 0.15) is 6.10 Å². The molecule has 1 aliphatic rings. The van der Waals surface area contributed by atoms with Crippen molar-refractivity contribution in [2.24, 2.45) is 5.73 Å². The van der Waals surface area contributed by atoms with Gasteiger partial charge in [-0.15, -0.1) is 0 Å². The van der Waals surface area contributed by atoms with Gasteiger partial charge in [0.15, 0.2) is 0 Å². The summed E-state index contributed by atoms with van der Waals surface area (Å²) in [4.78, 5) is 16.1. The number of nitrogens with two attached hydrogens (primary N) is 1. The molecule has 0 bridgehead atoms. The van der Waals surface area contributed by atoms with Crippen LogP contribution in [0.5, 0.6) is 0 Å². The Bertz CT molecular complexity index is 731. The van der Waals surface area contributed by atoms with Crippen LogP contribution < -0.4 is 10.6 Å². The molecule has 2 aromatic carbocycles. The van der Waals surface area contributed by atoms with Gasteiger partial charge in [0.05, 0.1) is 0 Å². The molecule has 0 radical (unpaired) electrons. The molecule has 0 aromatic heterocycles. The van der Waals surface area contributed by atoms with Gasteiger partial charge in [0, 0.05) is 49.4 Å². The van der Waals surface area contributed by atoms with Crippen molar-refractivity contribution in [3.63, 3.8) is 0 Å². The van der Waals surface area contributed by atoms with Crippen molar-refractivity contribution >= 4 is 23.4 Å². The van der Waals surface area contributed by atoms with Crippen molar-refractivity contribution in [1.82, 2.24) is 4.90 Å². The zero-order chi connectivity index (χ0) is 19.2. The Kier molecular flexibility index (Phi) is 6.58. The highest BCUT2D eigenvalue weighted by Gasteiger charge is 2.25. The SMILES string of the molecule is CC(CC(OC(N)=O)c1ccccc1)N1CCN(c2ccc(Cl)cc2)CC1. The number of halogens is 1. The third kappa shape index (κ3) is 5.37. The van der Waals surface area contributed by atoms with Crippen LogP contribution >= 0.6 is 11.6 Å². The molecule has 6 heteroatoms. The zero-order valence-corrected chi connectivity index (χ0v) is 16.3. The molecule has 1 saturated heterocycles. The van der Waals surface area contributed by atoms with Crippen LogP contribution in [0.3, 0.4) is 0 Å². The molecule has 0 aliphatic carbocycles. The van der Waals surface area contributed by atoms with E-state index in [1.165, 1.54) is 5.69 Å². The van der Waals surface area contributed by atoms with Crippen LogP contribution in [0.15, 0.2) is 54.6 Å². The van der Waals surface area contributed by atoms with Crippen molar-refractivity contribution < 1.29 is 9.53 Å². The van der Waals surface area contributed by atoms with E-state index in [0.717, 1.165) is 36.8 Å². The smallest absolute Gasteiger partial charge is 0.405 e. The molecule has 2 unspecified atom stereocenters. The van der Waals surface area contributed by atoms with Crippen LogP contribution in [0, 0.1) is 0 Å². The van der Waals surface area contributed by atoms with Crippen LogP contribution in [0.1, 0.15) is 25.0 Å². The van der Waals surface area contributed by atoms with Crippen LogP contribution in [-0.4, -0.2) is 43.2 Å². The molecule has 144 valence electrons. The summed E-state index contributed by atoms with van der Waals surface area (Å²) in [5, 5.41) is 0.757. The fourth-order valence-electron chi connectivity index (χ4n) is 3.59. The molecule has 2 atom stereocenters. The van der Waals surface area contributed by atoms with Gasteiger partial charge >= 0.3 is 6.09 Å². The predicted molar refractivity (Wildman–Crippen MR) is 109 cm³/mol. The lowest BCUT2D eigenvalue weighted by Gasteiger charge is -2.40. The molecule has 5 nitrogen and oxygen atoms in total. The van der Waals surface area contributed by atoms with E-state index in [9.17, 15) is 4.79 Å². The third-order valence-corrected chi connectivity index (χ3v) is 5.37. The molecule has 0 spiro atoms. The second-order valence-electron chi connectivity index (χ2n) is 6.92. The van der Waals surface area contributed by atoms with E-state index in [1.807, 2.05) is 42.5 Å². The molecule has 27 heavy (non-hydrogen) atoms. The summed E-state index contributed by atoms with van der Waals surface area (Å²) in [5.74, 6) is 0. The van der Waals surface area contributed by atoms with Gasteiger partial charge in [-0.3, -0.25) is 4.90 Å². The fourth-order valence-corrected chi connectivity index (χ4v) is 3.72. The van der Waals surface area contributed by atoms with Crippen LogP contribution in [0.4, 0.5) is 10.5 Å². The van der Waals surface area contributed by atoms with Crippen LogP contribution in [0.2, 0.25) is 5.02 Å². The number of ether oxygens (including phenoxy) is 1. The molecule has 0 saturated carbocycles. The van der Waals surface area contributed by atoms with E-state index in [4.69, 9.17) is 22.1 Å². The second kappa shape index (κ2) is 9.11. The number of primary amides is 1. The number of amides is 1. The molecule has 2 N–H and O–H groups in total. The first-order valence-electron chi connectivity index (χ1n) is 9.28. The first kappa shape index (κ1) is 19.5. The van der Waals surface area contributed by atoms with Crippen molar-refractivity contribution in [2.75, 3.05) is 31.1 Å². The summed E-state index contributed by atoms with van der Waals surface area (Å²) in [6, 6.07) is 18.0. The van der Waals surface area contributed by atoms with E-state index < -0.39 is 6.09 Å². The van der Waals surface area contributed by atoms with Gasteiger partial charge in [-0.1, -0.05) is 41.9 Å². The van der Waals surface area contributed by atoms with Gasteiger partial charge < -0.3 is 15.4 Å². The second-order valence-corrected chi connectivity index (χ2v) is 7.36. The van der Waals surface area contributed by atoms with Crippen LogP contribution in [0.25, 0.3) is 0 Å². The Balaban J connectivity index is 1.58. The number of hydrogen-bond acceptors (Lipinski definition) is 4. The normalized spacial score (nSPS) is 17.3. The Labute approximate surface area is 165 Å². The number of nitrogens with zero attached hydrogens (tertiary/aromatic N) is 2. The Hall–Kier alpha value is -2.24. The maximum atomic E-state index is 11.3. The maximum Gasteiger partial charge on any atom is 0.405 e. The topological polar surface area (TPSA) is 58.8 Å². The van der Waals surface area contributed by atoms with Crippen LogP contribution in [-0.2, 0) is 4.74 Å². The van der Waals surface area contributed by atoms with E-state index in [1.54, 1.807) is 0 Å². The summed E-state index contributed by atoms with van der Waals surface area (Å²) >= 11 is 5.98. The summed E-state index contributed by atoms with van der Waals surface area (Å²) < 4.78 is 5.39. The lowest BCUT2D eigenvalue weighted by Crippen LogP contribution is -2.50. The standard InChI is InChI=1S/C21H26ClN3O2/c1-16(15-20(27-21(23)26)17-5-3-2-4-6-17)24-11-13-25(14-12-24)19-9-7-18(22)8-10-19/h2-10,16,20H,11-15H2,1H3,(H2,23,26). The highest BCUT2D eigenvalue weighted by atomic mass is 35.5. The number of piperazine rings is 1. The average Bonchev–Trinajstić information content (AvgIpc) is 2.68. The fraction of sp³-hybridized carbons (Fsp3) is 0.381. The molecule has 1 amide bonds. The number of carbonyl (C=O) groups is 1. The van der Waals surface area contributed by atoms with E-state index in [0.29, 0.717) is 6.42 Å². The van der Waals surface area contributed by atoms with Crippen molar-refractivity contribution in [3.8, 4) is 0 Å². The van der Waals surface area contributed by atoms with Gasteiger partial charge in [-0.25, -0.2) is 4.79 Å². The third-order valence-electron chi connectivity index (χ3n) is 5.11. The molecular weight excluding hydrogens is 362 g/mol. The minimum atomic E-state index is -0.733. The molecule has 1 aliphatic heterocycles. The Morgan fingerprint density at radius 1 is 1.07 bits per heavy atom. The lowest BCUT2D eigenvalue weighted by molar-refractivity contribution is 0.0740. The monoisotopic (exact) mass is 387 g/mol. The van der Waals surface area contributed by atoms with Gasteiger partial charge in [0.2, 0.25) is 0 Å². The first-order valence-corrected chi connectivity index (χ1v) is 9.66. The summed E-state index contributed by atoms with van der Waals surface area (Å²) in [5.41, 5.74) is 7.46. The number of carbonyl (C=O) groups excluding carboxylic acids is 1. The Morgan fingerprint density at radius 3 is 2.30 bits per heavy atom. The quantitative estimate of drug-likeness (QED) is 0.811. The maximum absolute atomic E-state index is 11.3. The first-order chi connectivity index (χ1) is 13.0. The van der Waals surface area contributed by atoms with Crippen molar-refractivity contribution in [3.05, 3.63) is 65.2 Å². The number of anilines is 1. The number of benzene rings is 2. The summed E-state index contributed by atoms with van der Waals surface area (Å²) in [6.07, 6.45) is -0.343. The summed E-state index contributed by atoms with van der Waals surface area (Å²) in [6.45, 7) is 6.01. The molecular formula is C21H26ClN3O2. The number of hydrogen-bond donors (Lipinski definition) is 1. The largest absolute Gasteiger partial charge is 0.441 e. The minimum absolute atomic E-state index is 0.280. The average molecular weight is 388 g/mol. The molecule has 1 heterocycles. The van der Waals surface area contributed by atoms with Crippen molar-refractivity contribution in [1.29, 1.82) is 0 Å². The lowest BCUT2D eigenvalue weighted by atomic mass is 10.0. The van der Waals surface area contributed by atoms with E-state index in [-0.39, 0.29) is 12.1 Å². The van der Waals surface area contributed by atoms with E-state index >= 15 is 0 Å². The van der Waals surface area contributed by atoms with E-state index in [2.05, 4.69) is 28.9 Å².